The predicted molar refractivity (Wildman–Crippen MR) is 130 cm³/mol. The molecule has 2 aliphatic heterocycles. The molecule has 0 radical (unpaired) electrons. The number of carbonyl (C=O) groups excluding carboxylic acids is 2. The van der Waals surface area contributed by atoms with Crippen LogP contribution in [0.1, 0.15) is 35.6 Å². The molecule has 178 valence electrons. The number of hydrogen-bond donors (Lipinski definition) is 2. The molecule has 3 fully saturated rings. The maximum Gasteiger partial charge on any atom is 0.303 e. The van der Waals surface area contributed by atoms with Gasteiger partial charge < -0.3 is 14.8 Å². The SMILES string of the molecule is COc1ccc(C2c3sc(=S)[nH]c3SC3C4CC(C5C(=O)N(CCCC(=O)O)C(=O)C45)C23)cc1. The van der Waals surface area contributed by atoms with Crippen LogP contribution in [0.4, 0.5) is 0 Å². The van der Waals surface area contributed by atoms with E-state index in [0.717, 1.165) is 21.2 Å². The zero-order chi connectivity index (χ0) is 23.7. The number of methoxy groups -OCH3 is 1. The van der Waals surface area contributed by atoms with Crippen molar-refractivity contribution >= 4 is 53.1 Å². The Morgan fingerprint density at radius 3 is 2.59 bits per heavy atom. The van der Waals surface area contributed by atoms with Crippen molar-refractivity contribution in [2.24, 2.45) is 29.6 Å². The van der Waals surface area contributed by atoms with Crippen LogP contribution in [0.3, 0.4) is 0 Å². The molecule has 4 aliphatic rings. The molecule has 7 unspecified atom stereocenters. The zero-order valence-electron chi connectivity index (χ0n) is 18.4. The fourth-order valence-corrected chi connectivity index (χ4v) is 10.2. The van der Waals surface area contributed by atoms with E-state index >= 15 is 0 Å². The maximum atomic E-state index is 13.4. The number of thioether (sulfide) groups is 1. The van der Waals surface area contributed by atoms with Crippen molar-refractivity contribution in [3.8, 4) is 5.75 Å². The van der Waals surface area contributed by atoms with Gasteiger partial charge in [-0.2, -0.15) is 0 Å². The molecule has 7 atom stereocenters. The number of aromatic amines is 1. The Labute approximate surface area is 209 Å². The van der Waals surface area contributed by atoms with Gasteiger partial charge in [0.25, 0.3) is 0 Å². The lowest BCUT2D eigenvalue weighted by molar-refractivity contribution is -0.142. The molecule has 2 N–H and O–H groups in total. The second-order valence-electron chi connectivity index (χ2n) is 9.56. The second kappa shape index (κ2) is 8.20. The van der Waals surface area contributed by atoms with Crippen LogP contribution < -0.4 is 4.74 Å². The van der Waals surface area contributed by atoms with Crippen LogP contribution in [0.15, 0.2) is 29.3 Å². The van der Waals surface area contributed by atoms with Gasteiger partial charge in [0.15, 0.2) is 3.95 Å². The molecule has 34 heavy (non-hydrogen) atoms. The van der Waals surface area contributed by atoms with Crippen molar-refractivity contribution in [1.29, 1.82) is 0 Å². The number of carboxylic acid groups (broad SMARTS) is 1. The second-order valence-corrected chi connectivity index (χ2v) is 12.5. The van der Waals surface area contributed by atoms with E-state index in [1.807, 2.05) is 12.1 Å². The molecule has 1 aromatic heterocycles. The smallest absolute Gasteiger partial charge is 0.303 e. The molecule has 6 rings (SSSR count). The van der Waals surface area contributed by atoms with E-state index in [1.165, 1.54) is 15.3 Å². The summed E-state index contributed by atoms with van der Waals surface area (Å²) in [6, 6.07) is 8.16. The number of aromatic nitrogens is 1. The number of thiazole rings is 1. The number of rotatable bonds is 6. The number of aliphatic carboxylic acids is 1. The first kappa shape index (κ1) is 22.3. The summed E-state index contributed by atoms with van der Waals surface area (Å²) in [7, 11) is 1.65. The highest BCUT2D eigenvalue weighted by Crippen LogP contribution is 2.68. The number of H-pyrrole nitrogens is 1. The van der Waals surface area contributed by atoms with E-state index in [-0.39, 0.29) is 65.5 Å². The molecule has 2 amide bonds. The minimum absolute atomic E-state index is 0.0423. The standard InChI is InChI=1S/C24H24N2O5S3/c1-31-11-6-4-10(5-7-11)15-16-12-9-13(19(16)33-21-20(15)34-24(32)25-21)18-17(12)22(29)26(23(18)30)8-2-3-14(27)28/h4-7,12-13,15-19H,2-3,8-9H2,1H3,(H,25,32)(H,27,28). The van der Waals surface area contributed by atoms with Gasteiger partial charge in [0.05, 0.1) is 24.0 Å². The summed E-state index contributed by atoms with van der Waals surface area (Å²) < 4.78 is 6.11. The van der Waals surface area contributed by atoms with Gasteiger partial charge in [-0.05, 0) is 60.5 Å². The number of likely N-dealkylation sites (tertiary alicyclic amines) is 1. The van der Waals surface area contributed by atoms with Crippen molar-refractivity contribution in [2.45, 2.75) is 35.5 Å². The van der Waals surface area contributed by atoms with E-state index in [2.05, 4.69) is 17.1 Å². The Morgan fingerprint density at radius 1 is 1.21 bits per heavy atom. The molecule has 1 aromatic carbocycles. The molecule has 3 heterocycles. The van der Waals surface area contributed by atoms with Crippen molar-refractivity contribution in [3.63, 3.8) is 0 Å². The Hall–Kier alpha value is -2.17. The number of nitrogens with zero attached hydrogens (tertiary/aromatic N) is 1. The average Bonchev–Trinajstić information content (AvgIpc) is 3.54. The number of ether oxygens (including phenoxy) is 1. The highest BCUT2D eigenvalue weighted by molar-refractivity contribution is 8.00. The van der Waals surface area contributed by atoms with Gasteiger partial charge >= 0.3 is 5.97 Å². The maximum absolute atomic E-state index is 13.4. The lowest BCUT2D eigenvalue weighted by Crippen LogP contribution is -2.42. The Balaban J connectivity index is 1.36. The zero-order valence-corrected chi connectivity index (χ0v) is 20.9. The molecule has 7 nitrogen and oxygen atoms in total. The first-order valence-corrected chi connectivity index (χ1v) is 13.6. The monoisotopic (exact) mass is 516 g/mol. The number of carboxylic acids is 1. The van der Waals surface area contributed by atoms with Crippen LogP contribution in [0.25, 0.3) is 0 Å². The molecule has 2 aliphatic carbocycles. The van der Waals surface area contributed by atoms with Gasteiger partial charge in [-0.3, -0.25) is 19.3 Å². The summed E-state index contributed by atoms with van der Waals surface area (Å²) in [6.07, 6.45) is 1.14. The average molecular weight is 517 g/mol. The minimum Gasteiger partial charge on any atom is -0.497 e. The summed E-state index contributed by atoms with van der Waals surface area (Å²) >= 11 is 8.90. The summed E-state index contributed by atoms with van der Waals surface area (Å²) in [6.45, 7) is 0.196. The Kier molecular flexibility index (Phi) is 5.38. The summed E-state index contributed by atoms with van der Waals surface area (Å²) in [5.41, 5.74) is 1.18. The first-order chi connectivity index (χ1) is 16.4. The third kappa shape index (κ3) is 3.21. The molecule has 2 aromatic rings. The van der Waals surface area contributed by atoms with E-state index in [4.69, 9.17) is 22.1 Å². The number of amides is 2. The third-order valence-electron chi connectivity index (χ3n) is 8.06. The predicted octanol–water partition coefficient (Wildman–Crippen LogP) is 4.15. The quantitative estimate of drug-likeness (QED) is 0.439. The molecule has 10 heteroatoms. The molecular weight excluding hydrogens is 492 g/mol. The summed E-state index contributed by atoms with van der Waals surface area (Å²) in [5.74, 6) is -0.254. The van der Waals surface area contributed by atoms with Crippen LogP contribution >= 0.6 is 35.3 Å². The fraction of sp³-hybridized carbons (Fsp3) is 0.500. The molecule has 2 bridgehead atoms. The molecule has 2 saturated carbocycles. The first-order valence-electron chi connectivity index (χ1n) is 11.5. The van der Waals surface area contributed by atoms with Crippen LogP contribution in [-0.4, -0.2) is 51.7 Å². The lowest BCUT2D eigenvalue weighted by atomic mass is 9.68. The van der Waals surface area contributed by atoms with Gasteiger partial charge in [-0.1, -0.05) is 12.1 Å². The van der Waals surface area contributed by atoms with Crippen LogP contribution in [0, 0.1) is 33.5 Å². The molecular formula is C24H24N2O5S3. The van der Waals surface area contributed by atoms with E-state index in [0.29, 0.717) is 6.42 Å². The van der Waals surface area contributed by atoms with Crippen molar-refractivity contribution in [3.05, 3.63) is 38.7 Å². The van der Waals surface area contributed by atoms with Gasteiger partial charge in [-0.25, -0.2) is 0 Å². The summed E-state index contributed by atoms with van der Waals surface area (Å²) in [5, 5.41) is 10.3. The largest absolute Gasteiger partial charge is 0.497 e. The van der Waals surface area contributed by atoms with E-state index in [1.54, 1.807) is 30.2 Å². The Morgan fingerprint density at radius 2 is 1.91 bits per heavy atom. The number of nitrogens with one attached hydrogen (secondary N) is 1. The lowest BCUT2D eigenvalue weighted by Gasteiger charge is -2.43. The number of hydrogen-bond acceptors (Lipinski definition) is 7. The van der Waals surface area contributed by atoms with Crippen LogP contribution in [0.5, 0.6) is 5.75 Å². The fourth-order valence-electron chi connectivity index (χ4n) is 6.87. The normalized spacial score (nSPS) is 33.1. The highest BCUT2D eigenvalue weighted by Gasteiger charge is 2.69. The van der Waals surface area contributed by atoms with Gasteiger partial charge in [0, 0.05) is 29.0 Å². The van der Waals surface area contributed by atoms with Gasteiger partial charge in [0.1, 0.15) is 5.75 Å². The van der Waals surface area contributed by atoms with Crippen molar-refractivity contribution < 1.29 is 24.2 Å². The minimum atomic E-state index is -0.910. The number of carbonyl (C=O) groups is 3. The number of imide groups is 1. The number of fused-ring (bicyclic) bond motifs is 9. The number of benzene rings is 1. The molecule has 1 saturated heterocycles. The van der Waals surface area contributed by atoms with Gasteiger partial charge in [-0.15, -0.1) is 23.1 Å². The van der Waals surface area contributed by atoms with Gasteiger partial charge in [0.2, 0.25) is 11.8 Å². The highest BCUT2D eigenvalue weighted by atomic mass is 32.2. The van der Waals surface area contributed by atoms with Crippen molar-refractivity contribution in [1.82, 2.24) is 9.88 Å². The van der Waals surface area contributed by atoms with Crippen molar-refractivity contribution in [2.75, 3.05) is 13.7 Å². The Bertz CT molecular complexity index is 1240. The topological polar surface area (TPSA) is 99.7 Å². The van der Waals surface area contributed by atoms with Crippen LogP contribution in [-0.2, 0) is 14.4 Å². The summed E-state index contributed by atoms with van der Waals surface area (Å²) in [4.78, 5) is 43.6. The van der Waals surface area contributed by atoms with E-state index in [9.17, 15) is 14.4 Å². The molecule has 0 spiro atoms. The third-order valence-corrected chi connectivity index (χ3v) is 11.0. The van der Waals surface area contributed by atoms with Crippen LogP contribution in [0.2, 0.25) is 0 Å². The van der Waals surface area contributed by atoms with E-state index < -0.39 is 5.97 Å².